The molecule has 446 valence electrons. The molecule has 0 saturated heterocycles. The summed E-state index contributed by atoms with van der Waals surface area (Å²) in [7, 11) is 5.45. The van der Waals surface area contributed by atoms with Gasteiger partial charge in [0, 0.05) is 45.3 Å². The van der Waals surface area contributed by atoms with Gasteiger partial charge in [-0.2, -0.15) is 0 Å². The van der Waals surface area contributed by atoms with Gasteiger partial charge in [0.25, 0.3) is 23.6 Å². The highest BCUT2D eigenvalue weighted by molar-refractivity contribution is 6.03. The van der Waals surface area contributed by atoms with E-state index in [1.807, 2.05) is 0 Å². The third-order valence-corrected chi connectivity index (χ3v) is 13.1. The number of aliphatic imine (C=N–C) groups is 3. The zero-order valence-corrected chi connectivity index (χ0v) is 47.3. The van der Waals surface area contributed by atoms with Gasteiger partial charge in [0.15, 0.2) is 41.0 Å². The molecule has 0 fully saturated rings. The molecule has 26 nitrogen and oxygen atoms in total. The van der Waals surface area contributed by atoms with Crippen molar-refractivity contribution < 1.29 is 57.3 Å². The Bertz CT molecular complexity index is 3080. The number of primary amides is 1. The number of amides is 4. The molecule has 4 aromatic carbocycles. The number of benzene rings is 4. The van der Waals surface area contributed by atoms with Crippen LogP contribution in [0.4, 0.5) is 0 Å². The van der Waals surface area contributed by atoms with Gasteiger partial charge in [0.1, 0.15) is 23.0 Å². The first-order valence-electron chi connectivity index (χ1n) is 26.4. The smallest absolute Gasteiger partial charge is 0.255 e. The lowest BCUT2D eigenvalue weighted by atomic mass is 9.96. The second-order valence-corrected chi connectivity index (χ2v) is 19.3. The van der Waals surface area contributed by atoms with Gasteiger partial charge in [-0.25, -0.2) is 0 Å². The quantitative estimate of drug-likeness (QED) is 0.0166. The minimum atomic E-state index is -1.14. The van der Waals surface area contributed by atoms with Gasteiger partial charge < -0.3 is 80.8 Å². The Morgan fingerprint density at radius 1 is 0.422 bits per heavy atom. The number of nitrogens with zero attached hydrogens (tertiary/aromatic N) is 3. The summed E-state index contributed by atoms with van der Waals surface area (Å²) < 4.78 is 21.7. The average Bonchev–Trinajstić information content (AvgIpc) is 3.45. The molecule has 0 aliphatic heterocycles. The number of nitrogens with two attached hydrogens (primary N) is 8. The first kappa shape index (κ1) is 65.9. The molecule has 0 radical (unpaired) electrons. The second kappa shape index (κ2) is 32.6. The summed E-state index contributed by atoms with van der Waals surface area (Å²) in [4.78, 5) is 121. The average molecular weight is 1150 g/mol. The highest BCUT2D eigenvalue weighted by Crippen LogP contribution is 2.26. The van der Waals surface area contributed by atoms with Crippen LogP contribution < -0.4 is 80.8 Å². The van der Waals surface area contributed by atoms with E-state index < -0.39 is 59.4 Å². The van der Waals surface area contributed by atoms with Gasteiger partial charge in [-0.05, 0) is 116 Å². The van der Waals surface area contributed by atoms with Crippen LogP contribution in [0.15, 0.2) is 87.8 Å². The summed E-state index contributed by atoms with van der Waals surface area (Å²) in [6, 6.07) is 14.2. The number of ketones is 4. The van der Waals surface area contributed by atoms with E-state index >= 15 is 0 Å². The van der Waals surface area contributed by atoms with E-state index in [2.05, 4.69) is 30.9 Å². The Labute approximate surface area is 480 Å². The SMILES string of the molecule is COc1ccc(CC(=O)[C@@H](C)NC(=O)c2cc(CC(=O)[C@@H](CCCN=C(N)N)NC(=O)c3cc(CC(=O)[C@@H](CCCN=C(N)N)NC(=O)c4cc(CC(=O)[C@H](N)CCCN=C(N)N)ccc4OC)ccc3OC)ccc2OC)cc1C(N)=O. The maximum absolute atomic E-state index is 14.3. The monoisotopic (exact) mass is 1150 g/mol. The van der Waals surface area contributed by atoms with Crippen molar-refractivity contribution in [1.82, 2.24) is 16.0 Å². The summed E-state index contributed by atoms with van der Waals surface area (Å²) in [5.41, 5.74) is 46.4. The molecule has 0 aliphatic rings. The molecule has 0 heterocycles. The lowest BCUT2D eigenvalue weighted by Crippen LogP contribution is -2.42. The fraction of sp³-hybridized carbons (Fsp3) is 0.386. The van der Waals surface area contributed by atoms with Gasteiger partial charge in [-0.15, -0.1) is 0 Å². The zero-order chi connectivity index (χ0) is 61.3. The van der Waals surface area contributed by atoms with Crippen LogP contribution in [0.5, 0.6) is 23.0 Å². The fourth-order valence-electron chi connectivity index (χ4n) is 8.66. The normalized spacial score (nSPS) is 12.2. The maximum Gasteiger partial charge on any atom is 0.255 e. The van der Waals surface area contributed by atoms with Crippen molar-refractivity contribution in [2.75, 3.05) is 48.1 Å². The van der Waals surface area contributed by atoms with Crippen LogP contribution >= 0.6 is 0 Å². The van der Waals surface area contributed by atoms with Crippen LogP contribution in [0.1, 0.15) is 109 Å². The second-order valence-electron chi connectivity index (χ2n) is 19.3. The summed E-state index contributed by atoms with van der Waals surface area (Å²) in [5, 5.41) is 8.30. The van der Waals surface area contributed by atoms with Crippen LogP contribution in [0.2, 0.25) is 0 Å². The molecule has 0 bridgehead atoms. The number of Topliss-reactive ketones (excluding diaryl/α,β-unsaturated/α-hetero) is 4. The number of guanidine groups is 3. The van der Waals surface area contributed by atoms with Crippen LogP contribution in [-0.2, 0) is 44.9 Å². The number of methoxy groups -OCH3 is 4. The van der Waals surface area contributed by atoms with Crippen molar-refractivity contribution in [3.05, 3.63) is 117 Å². The van der Waals surface area contributed by atoms with E-state index in [0.29, 0.717) is 41.6 Å². The Kier molecular flexibility index (Phi) is 25.9. The number of hydrogen-bond acceptors (Lipinski definition) is 16. The van der Waals surface area contributed by atoms with Gasteiger partial charge in [0.2, 0.25) is 0 Å². The molecular weight excluding hydrogens is 1070 g/mol. The van der Waals surface area contributed by atoms with Crippen LogP contribution in [0, 0.1) is 0 Å². The highest BCUT2D eigenvalue weighted by atomic mass is 16.5. The van der Waals surface area contributed by atoms with Crippen molar-refractivity contribution >= 4 is 64.6 Å². The summed E-state index contributed by atoms with van der Waals surface area (Å²) in [5.74, 6) is -4.12. The lowest BCUT2D eigenvalue weighted by molar-refractivity contribution is -0.121. The molecule has 0 unspecified atom stereocenters. The minimum Gasteiger partial charge on any atom is -0.496 e. The third kappa shape index (κ3) is 20.8. The first-order chi connectivity index (χ1) is 39.5. The van der Waals surface area contributed by atoms with Gasteiger partial charge >= 0.3 is 0 Å². The molecule has 83 heavy (non-hydrogen) atoms. The molecule has 4 aromatic rings. The lowest BCUT2D eigenvalue weighted by Gasteiger charge is -2.20. The highest BCUT2D eigenvalue weighted by Gasteiger charge is 2.28. The number of ether oxygens (including phenoxy) is 4. The van der Waals surface area contributed by atoms with Crippen molar-refractivity contribution in [3.63, 3.8) is 0 Å². The molecule has 26 heteroatoms. The van der Waals surface area contributed by atoms with Crippen molar-refractivity contribution in [2.45, 2.75) is 95.3 Å². The van der Waals surface area contributed by atoms with Crippen molar-refractivity contribution in [2.24, 2.45) is 60.8 Å². The Morgan fingerprint density at radius 3 is 1.06 bits per heavy atom. The van der Waals surface area contributed by atoms with Gasteiger partial charge in [-0.1, -0.05) is 24.3 Å². The number of hydrogen-bond donors (Lipinski definition) is 11. The first-order valence-corrected chi connectivity index (χ1v) is 26.4. The van der Waals surface area contributed by atoms with E-state index in [-0.39, 0.29) is 139 Å². The zero-order valence-electron chi connectivity index (χ0n) is 47.3. The van der Waals surface area contributed by atoms with Gasteiger partial charge in [0.05, 0.1) is 74.9 Å². The minimum absolute atomic E-state index is 0.0191. The van der Waals surface area contributed by atoms with Gasteiger partial charge in [-0.3, -0.25) is 53.3 Å². The van der Waals surface area contributed by atoms with Crippen LogP contribution in [0.25, 0.3) is 0 Å². The molecule has 4 atom stereocenters. The van der Waals surface area contributed by atoms with Crippen molar-refractivity contribution in [3.8, 4) is 23.0 Å². The van der Waals surface area contributed by atoms with E-state index in [9.17, 15) is 38.4 Å². The summed E-state index contributed by atoms with van der Waals surface area (Å²) >= 11 is 0. The number of nitrogens with one attached hydrogen (secondary N) is 3. The van der Waals surface area contributed by atoms with E-state index in [1.165, 1.54) is 83.9 Å². The topological polar surface area (TPSA) is 455 Å². The summed E-state index contributed by atoms with van der Waals surface area (Å²) in [6.07, 6.45) is 0.687. The Hall–Kier alpha value is -9.59. The molecule has 19 N–H and O–H groups in total. The molecule has 4 amide bonds. The molecular formula is C57H76N14O12. The van der Waals surface area contributed by atoms with E-state index in [1.54, 1.807) is 24.3 Å². The standard InChI is InChI=1S/C57H76N14O12/c1-31(43(72)27-32-12-16-47(80-2)36(23-32)51(59)76)69-52(77)37-25-34(14-18-48(37)81-3)29-45(74)41(10-7-21-67-56(62)63)71-54(79)39-26-35(15-19-50(39)83-5)30-46(75)42(11-8-22-68-57(64)65)70-53(78)38-24-33(13-17-49(38)82-4)28-44(73)40(58)9-6-20-66-55(60)61/h12-19,23-26,31,40-42H,6-11,20-22,27-30,58H2,1-5H3,(H2,59,76)(H,69,77)(H,70,78)(H,71,79)(H4,60,61,66)(H4,62,63,67)(H4,64,65,68)/t31-,40-,41-,42-/m1/s1. The Balaban J connectivity index is 1.56. The molecule has 0 aromatic heterocycles. The number of rotatable bonds is 35. The summed E-state index contributed by atoms with van der Waals surface area (Å²) in [6.45, 7) is 2.07. The number of carbonyl (C=O) groups excluding carboxylic acids is 8. The van der Waals surface area contributed by atoms with Crippen molar-refractivity contribution in [1.29, 1.82) is 0 Å². The molecule has 0 saturated carbocycles. The molecule has 0 spiro atoms. The molecule has 4 rings (SSSR count). The Morgan fingerprint density at radius 2 is 0.723 bits per heavy atom. The molecule has 0 aliphatic carbocycles. The maximum atomic E-state index is 14.3. The largest absolute Gasteiger partial charge is 0.496 e. The van der Waals surface area contributed by atoms with E-state index in [4.69, 9.17) is 64.8 Å². The third-order valence-electron chi connectivity index (χ3n) is 13.1. The number of carbonyl (C=O) groups is 8. The predicted molar refractivity (Wildman–Crippen MR) is 312 cm³/mol. The van der Waals surface area contributed by atoms with Crippen LogP contribution in [-0.4, -0.2) is 137 Å². The van der Waals surface area contributed by atoms with Crippen LogP contribution in [0.3, 0.4) is 0 Å². The predicted octanol–water partition coefficient (Wildman–Crippen LogP) is 0.170. The van der Waals surface area contributed by atoms with E-state index in [0.717, 1.165) is 0 Å². The fourth-order valence-corrected chi connectivity index (χ4v) is 8.66.